The standard InChI is InChI=1S/C11H19N3/c1-3-14-8-7-12-10(14)13-9-11(2)5-4-6-11/h7-8H,3-6,9H2,1-2H3,(H,12,13). The van der Waals surface area contributed by atoms with E-state index < -0.39 is 0 Å². The lowest BCUT2D eigenvalue weighted by molar-refractivity contribution is 0.179. The second-order valence-corrected chi connectivity index (χ2v) is 4.55. The van der Waals surface area contributed by atoms with Gasteiger partial charge in [0.15, 0.2) is 0 Å². The van der Waals surface area contributed by atoms with Crippen LogP contribution in [0, 0.1) is 5.41 Å². The van der Waals surface area contributed by atoms with E-state index in [1.54, 1.807) is 0 Å². The van der Waals surface area contributed by atoms with Gasteiger partial charge < -0.3 is 9.88 Å². The molecule has 1 aliphatic carbocycles. The lowest BCUT2D eigenvalue weighted by Gasteiger charge is -2.38. The maximum atomic E-state index is 4.30. The zero-order valence-electron chi connectivity index (χ0n) is 9.08. The number of rotatable bonds is 4. The maximum Gasteiger partial charge on any atom is 0.202 e. The van der Waals surface area contributed by atoms with Gasteiger partial charge in [-0.1, -0.05) is 13.3 Å². The van der Waals surface area contributed by atoms with Crippen molar-refractivity contribution in [2.45, 2.75) is 39.7 Å². The summed E-state index contributed by atoms with van der Waals surface area (Å²) >= 11 is 0. The molecule has 0 amide bonds. The minimum absolute atomic E-state index is 0.518. The Bertz CT molecular complexity index is 299. The second kappa shape index (κ2) is 3.64. The Balaban J connectivity index is 1.91. The van der Waals surface area contributed by atoms with Crippen LogP contribution >= 0.6 is 0 Å². The largest absolute Gasteiger partial charge is 0.355 e. The van der Waals surface area contributed by atoms with Gasteiger partial charge in [-0.3, -0.25) is 0 Å². The summed E-state index contributed by atoms with van der Waals surface area (Å²) in [7, 11) is 0. The van der Waals surface area contributed by atoms with Crippen molar-refractivity contribution in [2.24, 2.45) is 5.41 Å². The second-order valence-electron chi connectivity index (χ2n) is 4.55. The summed E-state index contributed by atoms with van der Waals surface area (Å²) in [6.45, 7) is 6.53. The first-order valence-corrected chi connectivity index (χ1v) is 5.48. The van der Waals surface area contributed by atoms with Crippen LogP contribution in [0.3, 0.4) is 0 Å². The van der Waals surface area contributed by atoms with Gasteiger partial charge in [0, 0.05) is 25.5 Å². The van der Waals surface area contributed by atoms with E-state index in [9.17, 15) is 0 Å². The molecule has 0 bridgehead atoms. The molecule has 1 aromatic rings. The van der Waals surface area contributed by atoms with Crippen LogP contribution in [0.15, 0.2) is 12.4 Å². The Morgan fingerprint density at radius 2 is 2.36 bits per heavy atom. The summed E-state index contributed by atoms with van der Waals surface area (Å²) in [5, 5.41) is 3.44. The molecule has 1 fully saturated rings. The summed E-state index contributed by atoms with van der Waals surface area (Å²) < 4.78 is 2.14. The Morgan fingerprint density at radius 1 is 1.57 bits per heavy atom. The van der Waals surface area contributed by atoms with E-state index in [4.69, 9.17) is 0 Å². The highest BCUT2D eigenvalue weighted by Gasteiger charge is 2.31. The number of imidazole rings is 1. The third-order valence-electron chi connectivity index (χ3n) is 3.29. The molecule has 78 valence electrons. The van der Waals surface area contributed by atoms with E-state index in [1.807, 2.05) is 12.4 Å². The minimum Gasteiger partial charge on any atom is -0.355 e. The highest BCUT2D eigenvalue weighted by atomic mass is 15.2. The lowest BCUT2D eigenvalue weighted by atomic mass is 9.70. The summed E-state index contributed by atoms with van der Waals surface area (Å²) in [6, 6.07) is 0. The Morgan fingerprint density at radius 3 is 2.93 bits per heavy atom. The van der Waals surface area contributed by atoms with Crippen LogP contribution in [0.2, 0.25) is 0 Å². The van der Waals surface area contributed by atoms with Gasteiger partial charge in [-0.2, -0.15) is 0 Å². The Labute approximate surface area is 85.5 Å². The van der Waals surface area contributed by atoms with Gasteiger partial charge in [0.1, 0.15) is 0 Å². The fourth-order valence-corrected chi connectivity index (χ4v) is 1.98. The quantitative estimate of drug-likeness (QED) is 0.796. The smallest absolute Gasteiger partial charge is 0.202 e. The predicted octanol–water partition coefficient (Wildman–Crippen LogP) is 2.51. The van der Waals surface area contributed by atoms with E-state index in [-0.39, 0.29) is 0 Å². The minimum atomic E-state index is 0.518. The van der Waals surface area contributed by atoms with Gasteiger partial charge >= 0.3 is 0 Å². The first kappa shape index (κ1) is 9.56. The molecule has 0 unspecified atom stereocenters. The maximum absolute atomic E-state index is 4.30. The van der Waals surface area contributed by atoms with Gasteiger partial charge in [0.25, 0.3) is 0 Å². The molecule has 14 heavy (non-hydrogen) atoms. The number of hydrogen-bond donors (Lipinski definition) is 1. The van der Waals surface area contributed by atoms with Crippen molar-refractivity contribution in [3.05, 3.63) is 12.4 Å². The number of anilines is 1. The summed E-state index contributed by atoms with van der Waals surface area (Å²) in [4.78, 5) is 4.30. The van der Waals surface area contributed by atoms with Crippen LogP contribution < -0.4 is 5.32 Å². The number of aromatic nitrogens is 2. The van der Waals surface area contributed by atoms with Crippen molar-refractivity contribution in [1.29, 1.82) is 0 Å². The van der Waals surface area contributed by atoms with Crippen molar-refractivity contribution in [1.82, 2.24) is 9.55 Å². The molecule has 3 nitrogen and oxygen atoms in total. The molecule has 0 aliphatic heterocycles. The van der Waals surface area contributed by atoms with Gasteiger partial charge in [-0.15, -0.1) is 0 Å². The molecule has 1 saturated carbocycles. The van der Waals surface area contributed by atoms with E-state index in [0.717, 1.165) is 19.0 Å². The van der Waals surface area contributed by atoms with Crippen molar-refractivity contribution < 1.29 is 0 Å². The molecule has 2 rings (SSSR count). The fraction of sp³-hybridized carbons (Fsp3) is 0.727. The number of nitrogens with zero attached hydrogens (tertiary/aromatic N) is 2. The SMILES string of the molecule is CCn1ccnc1NCC1(C)CCC1. The Hall–Kier alpha value is -0.990. The van der Waals surface area contributed by atoms with Crippen LogP contribution in [0.25, 0.3) is 0 Å². The third-order valence-corrected chi connectivity index (χ3v) is 3.29. The molecular weight excluding hydrogens is 174 g/mol. The number of aryl methyl sites for hydroxylation is 1. The molecule has 3 heteroatoms. The van der Waals surface area contributed by atoms with Crippen LogP contribution in [-0.4, -0.2) is 16.1 Å². The van der Waals surface area contributed by atoms with Crippen LogP contribution in [0.4, 0.5) is 5.95 Å². The monoisotopic (exact) mass is 193 g/mol. The molecule has 1 heterocycles. The van der Waals surface area contributed by atoms with Crippen molar-refractivity contribution in [3.63, 3.8) is 0 Å². The normalized spacial score (nSPS) is 19.0. The predicted molar refractivity (Wildman–Crippen MR) is 58.3 cm³/mol. The topological polar surface area (TPSA) is 29.9 Å². The highest BCUT2D eigenvalue weighted by molar-refractivity contribution is 5.26. The van der Waals surface area contributed by atoms with Crippen molar-refractivity contribution in [2.75, 3.05) is 11.9 Å². The average molecular weight is 193 g/mol. The molecule has 0 atom stereocenters. The summed E-state index contributed by atoms with van der Waals surface area (Å²) in [6.07, 6.45) is 7.97. The summed E-state index contributed by atoms with van der Waals surface area (Å²) in [5.74, 6) is 1.01. The number of hydrogen-bond acceptors (Lipinski definition) is 2. The van der Waals surface area contributed by atoms with E-state index in [1.165, 1.54) is 19.3 Å². The van der Waals surface area contributed by atoms with Gasteiger partial charge in [-0.25, -0.2) is 4.98 Å². The molecule has 1 aromatic heterocycles. The van der Waals surface area contributed by atoms with Gasteiger partial charge in [0.2, 0.25) is 5.95 Å². The van der Waals surface area contributed by atoms with Crippen LogP contribution in [0.1, 0.15) is 33.1 Å². The van der Waals surface area contributed by atoms with Crippen molar-refractivity contribution in [3.8, 4) is 0 Å². The number of nitrogens with one attached hydrogen (secondary N) is 1. The molecule has 1 N–H and O–H groups in total. The molecule has 0 aromatic carbocycles. The molecule has 1 aliphatic rings. The average Bonchev–Trinajstić information content (AvgIpc) is 2.58. The lowest BCUT2D eigenvalue weighted by Crippen LogP contribution is -2.33. The van der Waals surface area contributed by atoms with E-state index in [0.29, 0.717) is 5.41 Å². The van der Waals surface area contributed by atoms with Gasteiger partial charge in [-0.05, 0) is 25.2 Å². The first-order chi connectivity index (χ1) is 6.73. The third kappa shape index (κ3) is 1.76. The fourth-order valence-electron chi connectivity index (χ4n) is 1.98. The molecular formula is C11H19N3. The Kier molecular flexibility index (Phi) is 2.48. The first-order valence-electron chi connectivity index (χ1n) is 5.48. The highest BCUT2D eigenvalue weighted by Crippen LogP contribution is 2.40. The zero-order chi connectivity index (χ0) is 10.0. The van der Waals surface area contributed by atoms with Crippen LogP contribution in [0.5, 0.6) is 0 Å². The zero-order valence-corrected chi connectivity index (χ0v) is 9.08. The molecule has 0 saturated heterocycles. The van der Waals surface area contributed by atoms with Crippen molar-refractivity contribution >= 4 is 5.95 Å². The molecule has 0 spiro atoms. The molecule has 0 radical (unpaired) electrons. The van der Waals surface area contributed by atoms with Crippen LogP contribution in [-0.2, 0) is 6.54 Å². The van der Waals surface area contributed by atoms with E-state index >= 15 is 0 Å². The van der Waals surface area contributed by atoms with E-state index in [2.05, 4.69) is 28.7 Å². The van der Waals surface area contributed by atoms with Gasteiger partial charge in [0.05, 0.1) is 0 Å². The summed E-state index contributed by atoms with van der Waals surface area (Å²) in [5.41, 5.74) is 0.518.